The first-order chi connectivity index (χ1) is 8.97. The highest BCUT2D eigenvalue weighted by molar-refractivity contribution is 9.10. The van der Waals surface area contributed by atoms with E-state index in [1.54, 1.807) is 30.1 Å². The van der Waals surface area contributed by atoms with Crippen molar-refractivity contribution in [1.82, 2.24) is 0 Å². The molecule has 0 aliphatic heterocycles. The zero-order chi connectivity index (χ0) is 14.0. The summed E-state index contributed by atoms with van der Waals surface area (Å²) in [5.41, 5.74) is 6.71. The molecular formula is C14H13BrF2N2. The SMILES string of the molecule is CN(Cc1cc(Br)ccc1F)c1ccc(N)c(F)c1. The average Bonchev–Trinajstić information content (AvgIpc) is 2.37. The lowest BCUT2D eigenvalue weighted by molar-refractivity contribution is 0.607. The largest absolute Gasteiger partial charge is 0.396 e. The zero-order valence-electron chi connectivity index (χ0n) is 10.3. The first-order valence-corrected chi connectivity index (χ1v) is 6.47. The summed E-state index contributed by atoms with van der Waals surface area (Å²) in [4.78, 5) is 1.76. The molecule has 0 amide bonds. The van der Waals surface area contributed by atoms with Crippen LogP contribution in [0.3, 0.4) is 0 Å². The quantitative estimate of drug-likeness (QED) is 0.865. The van der Waals surface area contributed by atoms with E-state index in [1.165, 1.54) is 18.2 Å². The summed E-state index contributed by atoms with van der Waals surface area (Å²) in [5, 5.41) is 0. The third-order valence-corrected chi connectivity index (χ3v) is 3.33. The van der Waals surface area contributed by atoms with Gasteiger partial charge in [-0.05, 0) is 36.4 Å². The van der Waals surface area contributed by atoms with Crippen LogP contribution in [0, 0.1) is 11.6 Å². The lowest BCUT2D eigenvalue weighted by Gasteiger charge is -2.20. The first kappa shape index (κ1) is 13.8. The molecule has 2 aromatic carbocycles. The van der Waals surface area contributed by atoms with E-state index in [-0.39, 0.29) is 11.5 Å². The summed E-state index contributed by atoms with van der Waals surface area (Å²) < 4.78 is 27.8. The van der Waals surface area contributed by atoms with Gasteiger partial charge in [-0.25, -0.2) is 8.78 Å². The Kier molecular flexibility index (Phi) is 4.04. The van der Waals surface area contributed by atoms with Crippen molar-refractivity contribution in [3.05, 3.63) is 58.1 Å². The molecule has 0 radical (unpaired) electrons. The minimum atomic E-state index is -0.473. The second-order valence-electron chi connectivity index (χ2n) is 4.30. The summed E-state index contributed by atoms with van der Waals surface area (Å²) in [5.74, 6) is -0.759. The van der Waals surface area contributed by atoms with Crippen molar-refractivity contribution in [3.8, 4) is 0 Å². The molecule has 0 atom stereocenters. The summed E-state index contributed by atoms with van der Waals surface area (Å²) >= 11 is 3.30. The molecular weight excluding hydrogens is 314 g/mol. The van der Waals surface area contributed by atoms with Crippen LogP contribution in [-0.4, -0.2) is 7.05 Å². The van der Waals surface area contributed by atoms with Gasteiger partial charge in [0.1, 0.15) is 11.6 Å². The van der Waals surface area contributed by atoms with Crippen molar-refractivity contribution in [3.63, 3.8) is 0 Å². The number of hydrogen-bond acceptors (Lipinski definition) is 2. The maximum absolute atomic E-state index is 13.6. The number of nitrogens with zero attached hydrogens (tertiary/aromatic N) is 1. The van der Waals surface area contributed by atoms with Crippen molar-refractivity contribution >= 4 is 27.3 Å². The van der Waals surface area contributed by atoms with Gasteiger partial charge in [-0.15, -0.1) is 0 Å². The minimum absolute atomic E-state index is 0.103. The van der Waals surface area contributed by atoms with Crippen LogP contribution in [0.5, 0.6) is 0 Å². The molecule has 19 heavy (non-hydrogen) atoms. The number of nitrogen functional groups attached to an aromatic ring is 1. The molecule has 0 saturated carbocycles. The van der Waals surface area contributed by atoms with E-state index in [9.17, 15) is 8.78 Å². The van der Waals surface area contributed by atoms with Gasteiger partial charge in [0.25, 0.3) is 0 Å². The van der Waals surface area contributed by atoms with E-state index in [1.807, 2.05) is 0 Å². The molecule has 2 rings (SSSR count). The van der Waals surface area contributed by atoms with Crippen LogP contribution in [0.2, 0.25) is 0 Å². The predicted molar refractivity (Wildman–Crippen MR) is 77.0 cm³/mol. The Hall–Kier alpha value is -1.62. The van der Waals surface area contributed by atoms with Crippen molar-refractivity contribution in [2.45, 2.75) is 6.54 Å². The highest BCUT2D eigenvalue weighted by Crippen LogP contribution is 2.22. The highest BCUT2D eigenvalue weighted by atomic mass is 79.9. The predicted octanol–water partition coefficient (Wildman–Crippen LogP) is 3.95. The number of benzene rings is 2. The van der Waals surface area contributed by atoms with E-state index in [2.05, 4.69) is 15.9 Å². The van der Waals surface area contributed by atoms with Gasteiger partial charge < -0.3 is 10.6 Å². The van der Waals surface area contributed by atoms with Gasteiger partial charge in [0.15, 0.2) is 0 Å². The van der Waals surface area contributed by atoms with Crippen LogP contribution in [-0.2, 0) is 6.54 Å². The number of rotatable bonds is 3. The lowest BCUT2D eigenvalue weighted by Crippen LogP contribution is -2.17. The molecule has 5 heteroatoms. The Bertz CT molecular complexity index is 602. The Morgan fingerprint density at radius 2 is 1.84 bits per heavy atom. The second-order valence-corrected chi connectivity index (χ2v) is 5.21. The molecule has 0 spiro atoms. The third-order valence-electron chi connectivity index (χ3n) is 2.84. The third kappa shape index (κ3) is 3.23. The smallest absolute Gasteiger partial charge is 0.148 e. The number of halogens is 3. The number of nitrogens with two attached hydrogens (primary N) is 1. The Morgan fingerprint density at radius 3 is 2.53 bits per heavy atom. The van der Waals surface area contributed by atoms with E-state index in [4.69, 9.17) is 5.73 Å². The molecule has 0 fully saturated rings. The van der Waals surface area contributed by atoms with Crippen molar-refractivity contribution < 1.29 is 8.78 Å². The van der Waals surface area contributed by atoms with Crippen molar-refractivity contribution in [2.24, 2.45) is 0 Å². The summed E-state index contributed by atoms with van der Waals surface area (Å²) in [6, 6.07) is 9.29. The Labute approximate surface area is 119 Å². The molecule has 0 aliphatic carbocycles. The van der Waals surface area contributed by atoms with Gasteiger partial charge in [-0.3, -0.25) is 0 Å². The fourth-order valence-electron chi connectivity index (χ4n) is 1.76. The number of anilines is 2. The summed E-state index contributed by atoms with van der Waals surface area (Å²) in [6.45, 7) is 0.342. The van der Waals surface area contributed by atoms with Crippen molar-refractivity contribution in [1.29, 1.82) is 0 Å². The fourth-order valence-corrected chi connectivity index (χ4v) is 2.17. The molecule has 0 saturated heterocycles. The van der Waals surface area contributed by atoms with Crippen LogP contribution in [0.1, 0.15) is 5.56 Å². The van der Waals surface area contributed by atoms with Crippen molar-refractivity contribution in [2.75, 3.05) is 17.7 Å². The standard InChI is InChI=1S/C14H13BrF2N2/c1-19(11-3-5-14(18)13(17)7-11)8-9-6-10(15)2-4-12(9)16/h2-7H,8,18H2,1H3. The molecule has 2 nitrogen and oxygen atoms in total. The Morgan fingerprint density at radius 1 is 1.11 bits per heavy atom. The number of hydrogen-bond donors (Lipinski definition) is 1. The molecule has 0 bridgehead atoms. The van der Waals surface area contributed by atoms with Gasteiger partial charge in [0.05, 0.1) is 5.69 Å². The maximum atomic E-state index is 13.6. The van der Waals surface area contributed by atoms with Crippen LogP contribution in [0.4, 0.5) is 20.2 Å². The van der Waals surface area contributed by atoms with Gasteiger partial charge in [0.2, 0.25) is 0 Å². The molecule has 2 N–H and O–H groups in total. The minimum Gasteiger partial charge on any atom is -0.396 e. The molecule has 2 aromatic rings. The molecule has 0 unspecified atom stereocenters. The van der Waals surface area contributed by atoms with E-state index >= 15 is 0 Å². The first-order valence-electron chi connectivity index (χ1n) is 5.67. The van der Waals surface area contributed by atoms with E-state index < -0.39 is 5.82 Å². The lowest BCUT2D eigenvalue weighted by atomic mass is 10.2. The molecule has 0 aliphatic rings. The van der Waals surface area contributed by atoms with Gasteiger partial charge in [-0.2, -0.15) is 0 Å². The van der Waals surface area contributed by atoms with Crippen LogP contribution in [0.15, 0.2) is 40.9 Å². The van der Waals surface area contributed by atoms with E-state index in [0.29, 0.717) is 17.8 Å². The van der Waals surface area contributed by atoms with Gasteiger partial charge in [0, 0.05) is 29.3 Å². The molecule has 0 aromatic heterocycles. The topological polar surface area (TPSA) is 29.3 Å². The van der Waals surface area contributed by atoms with Gasteiger partial charge >= 0.3 is 0 Å². The highest BCUT2D eigenvalue weighted by Gasteiger charge is 2.09. The summed E-state index contributed by atoms with van der Waals surface area (Å²) in [6.07, 6.45) is 0. The fraction of sp³-hybridized carbons (Fsp3) is 0.143. The zero-order valence-corrected chi connectivity index (χ0v) is 11.9. The van der Waals surface area contributed by atoms with Gasteiger partial charge in [-0.1, -0.05) is 15.9 Å². The maximum Gasteiger partial charge on any atom is 0.148 e. The Balaban J connectivity index is 2.22. The summed E-state index contributed by atoms with van der Waals surface area (Å²) in [7, 11) is 1.77. The normalized spacial score (nSPS) is 10.5. The van der Waals surface area contributed by atoms with Crippen LogP contribution >= 0.6 is 15.9 Å². The average molecular weight is 327 g/mol. The monoisotopic (exact) mass is 326 g/mol. The van der Waals surface area contributed by atoms with E-state index in [0.717, 1.165) is 4.47 Å². The van der Waals surface area contributed by atoms with Crippen LogP contribution < -0.4 is 10.6 Å². The molecule has 100 valence electrons. The second kappa shape index (κ2) is 5.57. The van der Waals surface area contributed by atoms with Crippen LogP contribution in [0.25, 0.3) is 0 Å². The molecule has 0 heterocycles.